The molecule has 0 unspecified atom stereocenters. The van der Waals surface area contributed by atoms with Crippen LogP contribution in [0.2, 0.25) is 0 Å². The van der Waals surface area contributed by atoms with Gasteiger partial charge in [-0.3, -0.25) is 0 Å². The topological polar surface area (TPSA) is 87.7 Å². The highest BCUT2D eigenvalue weighted by Gasteiger charge is 2.24. The molecule has 0 aromatic heterocycles. The van der Waals surface area contributed by atoms with Gasteiger partial charge in [0.1, 0.15) is 5.75 Å². The Morgan fingerprint density at radius 3 is 2.29 bits per heavy atom. The predicted octanol–water partition coefficient (Wildman–Crippen LogP) is 1.08. The van der Waals surface area contributed by atoms with E-state index >= 15 is 0 Å². The molecular formula is C19H26N2O3. The van der Waals surface area contributed by atoms with Crippen LogP contribution in [0.1, 0.15) is 11.1 Å². The summed E-state index contributed by atoms with van der Waals surface area (Å²) in [7, 11) is 1.62. The number of hydrogen-bond acceptors (Lipinski definition) is 5. The zero-order valence-electron chi connectivity index (χ0n) is 13.9. The van der Waals surface area contributed by atoms with Gasteiger partial charge < -0.3 is 26.0 Å². The van der Waals surface area contributed by atoms with Crippen molar-refractivity contribution in [1.82, 2.24) is 5.32 Å². The summed E-state index contributed by atoms with van der Waals surface area (Å²) in [6.07, 6.45) is -0.281. The molecule has 0 aliphatic carbocycles. The normalized spacial score (nSPS) is 14.8. The van der Waals surface area contributed by atoms with E-state index in [0.717, 1.165) is 16.9 Å². The standard InChI is InChI=1S/C19H26N2O3/c1-24-16-9-7-15(8-10-16)12-21-18(13-22)19(23)17(20)11-14-5-3-2-4-6-14/h2-10,17-19,21-23H,11-13,20H2,1H3/t17-,18-,19+/m1/s1. The Morgan fingerprint density at radius 1 is 1.04 bits per heavy atom. The monoisotopic (exact) mass is 330 g/mol. The van der Waals surface area contributed by atoms with Gasteiger partial charge in [-0.2, -0.15) is 0 Å². The van der Waals surface area contributed by atoms with E-state index in [1.165, 1.54) is 0 Å². The fourth-order valence-electron chi connectivity index (χ4n) is 2.59. The van der Waals surface area contributed by atoms with Gasteiger partial charge in [-0.05, 0) is 29.7 Å². The molecule has 0 heterocycles. The van der Waals surface area contributed by atoms with Gasteiger partial charge in [0.15, 0.2) is 0 Å². The van der Waals surface area contributed by atoms with Crippen molar-refractivity contribution in [2.24, 2.45) is 5.73 Å². The molecular weight excluding hydrogens is 304 g/mol. The van der Waals surface area contributed by atoms with Crippen molar-refractivity contribution < 1.29 is 14.9 Å². The van der Waals surface area contributed by atoms with Gasteiger partial charge in [0.25, 0.3) is 0 Å². The maximum Gasteiger partial charge on any atom is 0.118 e. The SMILES string of the molecule is COc1ccc(CN[C@H](CO)[C@@H](O)[C@H](N)Cc2ccccc2)cc1. The lowest BCUT2D eigenvalue weighted by Gasteiger charge is -2.27. The molecule has 5 N–H and O–H groups in total. The number of aliphatic hydroxyl groups excluding tert-OH is 2. The molecule has 0 saturated heterocycles. The number of methoxy groups -OCH3 is 1. The average molecular weight is 330 g/mol. The van der Waals surface area contributed by atoms with Gasteiger partial charge in [-0.15, -0.1) is 0 Å². The largest absolute Gasteiger partial charge is 0.497 e. The van der Waals surface area contributed by atoms with Gasteiger partial charge in [-0.1, -0.05) is 42.5 Å². The van der Waals surface area contributed by atoms with Crippen LogP contribution in [0.5, 0.6) is 5.75 Å². The molecule has 0 amide bonds. The summed E-state index contributed by atoms with van der Waals surface area (Å²) in [6, 6.07) is 16.5. The summed E-state index contributed by atoms with van der Waals surface area (Å²) < 4.78 is 5.13. The van der Waals surface area contributed by atoms with Crippen LogP contribution in [-0.2, 0) is 13.0 Å². The van der Waals surface area contributed by atoms with E-state index < -0.39 is 18.2 Å². The van der Waals surface area contributed by atoms with Crippen molar-refractivity contribution in [2.45, 2.75) is 31.2 Å². The van der Waals surface area contributed by atoms with E-state index in [4.69, 9.17) is 10.5 Å². The van der Waals surface area contributed by atoms with Crippen molar-refractivity contribution in [2.75, 3.05) is 13.7 Å². The summed E-state index contributed by atoms with van der Waals surface area (Å²) >= 11 is 0. The number of aliphatic hydroxyl groups is 2. The number of rotatable bonds is 9. The van der Waals surface area contributed by atoms with Crippen LogP contribution in [0.4, 0.5) is 0 Å². The molecule has 0 spiro atoms. The van der Waals surface area contributed by atoms with Crippen LogP contribution in [0.3, 0.4) is 0 Å². The Kier molecular flexibility index (Phi) is 7.21. The fourth-order valence-corrected chi connectivity index (χ4v) is 2.59. The highest BCUT2D eigenvalue weighted by atomic mass is 16.5. The van der Waals surface area contributed by atoms with Gasteiger partial charge >= 0.3 is 0 Å². The molecule has 2 rings (SSSR count). The second kappa shape index (κ2) is 9.39. The van der Waals surface area contributed by atoms with Crippen molar-refractivity contribution in [1.29, 1.82) is 0 Å². The minimum atomic E-state index is -0.839. The van der Waals surface area contributed by atoms with Crippen LogP contribution in [-0.4, -0.2) is 42.1 Å². The van der Waals surface area contributed by atoms with Crippen LogP contribution >= 0.6 is 0 Å². The van der Waals surface area contributed by atoms with Crippen LogP contribution in [0.15, 0.2) is 54.6 Å². The van der Waals surface area contributed by atoms with Crippen LogP contribution < -0.4 is 15.8 Å². The van der Waals surface area contributed by atoms with Crippen molar-refractivity contribution in [3.05, 3.63) is 65.7 Å². The van der Waals surface area contributed by atoms with E-state index in [-0.39, 0.29) is 6.61 Å². The van der Waals surface area contributed by atoms with E-state index in [1.54, 1.807) is 7.11 Å². The first-order chi connectivity index (χ1) is 11.6. The molecule has 0 bridgehead atoms. The number of benzene rings is 2. The lowest BCUT2D eigenvalue weighted by Crippen LogP contribution is -2.52. The summed E-state index contributed by atoms with van der Waals surface area (Å²) in [5.74, 6) is 0.794. The summed E-state index contributed by atoms with van der Waals surface area (Å²) in [5.41, 5.74) is 8.22. The first-order valence-corrected chi connectivity index (χ1v) is 8.08. The smallest absolute Gasteiger partial charge is 0.118 e. The third-order valence-corrected chi connectivity index (χ3v) is 4.09. The predicted molar refractivity (Wildman–Crippen MR) is 94.8 cm³/mol. The Balaban J connectivity index is 1.88. The highest BCUT2D eigenvalue weighted by Crippen LogP contribution is 2.12. The Morgan fingerprint density at radius 2 is 1.71 bits per heavy atom. The second-order valence-electron chi connectivity index (χ2n) is 5.86. The molecule has 130 valence electrons. The molecule has 5 heteroatoms. The van der Waals surface area contributed by atoms with Gasteiger partial charge in [0.05, 0.1) is 25.9 Å². The number of ether oxygens (including phenoxy) is 1. The maximum absolute atomic E-state index is 10.4. The Labute approximate surface area is 143 Å². The number of hydrogen-bond donors (Lipinski definition) is 4. The fraction of sp³-hybridized carbons (Fsp3) is 0.368. The molecule has 0 aliphatic heterocycles. The number of nitrogens with one attached hydrogen (secondary N) is 1. The number of nitrogens with two attached hydrogens (primary N) is 1. The average Bonchev–Trinajstić information content (AvgIpc) is 2.63. The van der Waals surface area contributed by atoms with Gasteiger partial charge in [0, 0.05) is 12.6 Å². The molecule has 0 saturated carbocycles. The lowest BCUT2D eigenvalue weighted by molar-refractivity contribution is 0.0690. The molecule has 2 aromatic carbocycles. The maximum atomic E-state index is 10.4. The van der Waals surface area contributed by atoms with Crippen LogP contribution in [0, 0.1) is 0 Å². The Hall–Kier alpha value is -1.92. The highest BCUT2D eigenvalue weighted by molar-refractivity contribution is 5.27. The third-order valence-electron chi connectivity index (χ3n) is 4.09. The van der Waals surface area contributed by atoms with Crippen molar-refractivity contribution >= 4 is 0 Å². The van der Waals surface area contributed by atoms with Gasteiger partial charge in [0.2, 0.25) is 0 Å². The van der Waals surface area contributed by atoms with E-state index in [1.807, 2.05) is 54.6 Å². The zero-order valence-corrected chi connectivity index (χ0v) is 13.9. The zero-order chi connectivity index (χ0) is 17.4. The molecule has 3 atom stereocenters. The van der Waals surface area contributed by atoms with E-state index in [2.05, 4.69) is 5.32 Å². The van der Waals surface area contributed by atoms with Crippen molar-refractivity contribution in [3.8, 4) is 5.75 Å². The summed E-state index contributed by atoms with van der Waals surface area (Å²) in [5, 5.41) is 23.2. The molecule has 5 nitrogen and oxygen atoms in total. The molecule has 0 fully saturated rings. The summed E-state index contributed by atoms with van der Waals surface area (Å²) in [4.78, 5) is 0. The van der Waals surface area contributed by atoms with E-state index in [0.29, 0.717) is 13.0 Å². The second-order valence-corrected chi connectivity index (χ2v) is 5.86. The van der Waals surface area contributed by atoms with Crippen molar-refractivity contribution in [3.63, 3.8) is 0 Å². The summed E-state index contributed by atoms with van der Waals surface area (Å²) in [6.45, 7) is 0.351. The molecule has 0 aliphatic rings. The van der Waals surface area contributed by atoms with Crippen LogP contribution in [0.25, 0.3) is 0 Å². The molecule has 2 aromatic rings. The van der Waals surface area contributed by atoms with Gasteiger partial charge in [-0.25, -0.2) is 0 Å². The first-order valence-electron chi connectivity index (χ1n) is 8.08. The lowest BCUT2D eigenvalue weighted by atomic mass is 9.97. The quantitative estimate of drug-likeness (QED) is 0.553. The molecule has 0 radical (unpaired) electrons. The minimum Gasteiger partial charge on any atom is -0.497 e. The minimum absolute atomic E-state index is 0.181. The molecule has 24 heavy (non-hydrogen) atoms. The third kappa shape index (κ3) is 5.32. The Bertz CT molecular complexity index is 589. The first kappa shape index (κ1) is 18.4. The van der Waals surface area contributed by atoms with E-state index in [9.17, 15) is 10.2 Å².